The monoisotopic (exact) mass is 326 g/mol. The van der Waals surface area contributed by atoms with Crippen molar-refractivity contribution in [2.24, 2.45) is 28.8 Å². The number of hydrogen-bond acceptors (Lipinski definition) is 5. The number of carbonyl (C=O) groups excluding carboxylic acids is 2. The Kier molecular flexibility index (Phi) is 3.40. The molecule has 1 aromatic carbocycles. The number of rotatable bonds is 4. The first-order valence-corrected chi connectivity index (χ1v) is 7.96. The van der Waals surface area contributed by atoms with Crippen LogP contribution in [0.5, 0.6) is 11.5 Å². The van der Waals surface area contributed by atoms with Crippen molar-refractivity contribution in [2.75, 3.05) is 14.2 Å². The topological polar surface area (TPSA) is 68.2 Å². The van der Waals surface area contributed by atoms with Crippen molar-refractivity contribution in [3.63, 3.8) is 0 Å². The zero-order valence-electron chi connectivity index (χ0n) is 13.5. The molecule has 24 heavy (non-hydrogen) atoms. The standard InChI is InChI=1S/C18H18N2O4/c1-23-13-6-3-10(7-14(13)24-2)9-19-20-17(21)15-11-4-5-12(8-11)16(15)18(20)22/h3-7,9,11-12,15-16H,8H2,1-2H3/b19-9-/t11-,12-,15+,16+/m0/s1. The number of fused-ring (bicyclic) bond motifs is 5. The molecule has 0 radical (unpaired) electrons. The fraction of sp³-hybridized carbons (Fsp3) is 0.389. The summed E-state index contributed by atoms with van der Waals surface area (Å²) in [7, 11) is 3.12. The Labute approximate surface area is 139 Å². The lowest BCUT2D eigenvalue weighted by Gasteiger charge is -2.13. The summed E-state index contributed by atoms with van der Waals surface area (Å²) in [6, 6.07) is 5.30. The van der Waals surface area contributed by atoms with Gasteiger partial charge in [-0.15, -0.1) is 0 Å². The number of nitrogens with zero attached hydrogens (tertiary/aromatic N) is 2. The molecule has 0 spiro atoms. The second kappa shape index (κ2) is 5.47. The molecule has 4 rings (SSSR count). The second-order valence-electron chi connectivity index (χ2n) is 6.35. The van der Waals surface area contributed by atoms with Crippen molar-refractivity contribution in [1.82, 2.24) is 5.01 Å². The summed E-state index contributed by atoms with van der Waals surface area (Å²) in [5, 5.41) is 5.19. The maximum Gasteiger partial charge on any atom is 0.254 e. The molecule has 124 valence electrons. The summed E-state index contributed by atoms with van der Waals surface area (Å²) in [4.78, 5) is 25.1. The Morgan fingerprint density at radius 2 is 1.67 bits per heavy atom. The summed E-state index contributed by atoms with van der Waals surface area (Å²) in [6.45, 7) is 0. The van der Waals surface area contributed by atoms with Gasteiger partial charge in [0.2, 0.25) is 0 Å². The van der Waals surface area contributed by atoms with Crippen LogP contribution in [0.4, 0.5) is 0 Å². The van der Waals surface area contributed by atoms with E-state index in [0.29, 0.717) is 11.5 Å². The van der Waals surface area contributed by atoms with E-state index in [1.54, 1.807) is 32.4 Å². The lowest BCUT2D eigenvalue weighted by atomic mass is 9.85. The predicted octanol–water partition coefficient (Wildman–Crippen LogP) is 1.84. The highest BCUT2D eigenvalue weighted by Crippen LogP contribution is 2.52. The molecular weight excluding hydrogens is 308 g/mol. The fourth-order valence-corrected chi connectivity index (χ4v) is 4.06. The first kappa shape index (κ1) is 14.9. The highest BCUT2D eigenvalue weighted by molar-refractivity contribution is 6.06. The molecule has 3 aliphatic rings. The van der Waals surface area contributed by atoms with E-state index in [1.807, 2.05) is 0 Å². The van der Waals surface area contributed by atoms with Gasteiger partial charge >= 0.3 is 0 Å². The first-order valence-electron chi connectivity index (χ1n) is 7.96. The van der Waals surface area contributed by atoms with Crippen LogP contribution in [0.15, 0.2) is 35.5 Å². The van der Waals surface area contributed by atoms with E-state index in [-0.39, 0.29) is 35.5 Å². The molecule has 2 fully saturated rings. The minimum absolute atomic E-state index is 0.182. The molecule has 6 heteroatoms. The van der Waals surface area contributed by atoms with Gasteiger partial charge in [-0.05, 0) is 42.0 Å². The maximum absolute atomic E-state index is 12.5. The highest BCUT2D eigenvalue weighted by Gasteiger charge is 2.59. The van der Waals surface area contributed by atoms with Crippen LogP contribution >= 0.6 is 0 Å². The third-order valence-corrected chi connectivity index (χ3v) is 5.18. The van der Waals surface area contributed by atoms with Crippen LogP contribution in [0.25, 0.3) is 0 Å². The Morgan fingerprint density at radius 3 is 2.25 bits per heavy atom. The van der Waals surface area contributed by atoms with E-state index >= 15 is 0 Å². The molecule has 1 heterocycles. The average molecular weight is 326 g/mol. The van der Waals surface area contributed by atoms with Crippen LogP contribution in [-0.2, 0) is 9.59 Å². The smallest absolute Gasteiger partial charge is 0.254 e. The van der Waals surface area contributed by atoms with E-state index in [0.717, 1.165) is 17.0 Å². The number of methoxy groups -OCH3 is 2. The molecule has 6 nitrogen and oxygen atoms in total. The number of allylic oxidation sites excluding steroid dienone is 2. The molecule has 1 aromatic rings. The molecule has 2 bridgehead atoms. The second-order valence-corrected chi connectivity index (χ2v) is 6.35. The van der Waals surface area contributed by atoms with Crippen molar-refractivity contribution in [3.8, 4) is 11.5 Å². The zero-order chi connectivity index (χ0) is 16.8. The molecule has 4 atom stereocenters. The quantitative estimate of drug-likeness (QED) is 0.481. The largest absolute Gasteiger partial charge is 0.493 e. The van der Waals surface area contributed by atoms with Gasteiger partial charge < -0.3 is 9.47 Å². The molecule has 0 aromatic heterocycles. The van der Waals surface area contributed by atoms with Crippen LogP contribution in [0.2, 0.25) is 0 Å². The van der Waals surface area contributed by atoms with Gasteiger partial charge in [-0.2, -0.15) is 10.1 Å². The maximum atomic E-state index is 12.5. The van der Waals surface area contributed by atoms with E-state index in [9.17, 15) is 9.59 Å². The third kappa shape index (κ3) is 2.06. The summed E-state index contributed by atoms with van der Waals surface area (Å²) in [6.07, 6.45) is 6.56. The fourth-order valence-electron chi connectivity index (χ4n) is 4.06. The van der Waals surface area contributed by atoms with Crippen molar-refractivity contribution in [3.05, 3.63) is 35.9 Å². The number of hydrazone groups is 1. The van der Waals surface area contributed by atoms with Gasteiger partial charge in [0.25, 0.3) is 11.8 Å². The Hall–Kier alpha value is -2.63. The van der Waals surface area contributed by atoms with E-state index in [1.165, 1.54) is 6.21 Å². The lowest BCUT2D eigenvalue weighted by Crippen LogP contribution is -2.28. The molecule has 2 aliphatic carbocycles. The minimum atomic E-state index is -0.227. The molecule has 2 amide bonds. The number of ether oxygens (including phenoxy) is 2. The number of benzene rings is 1. The lowest BCUT2D eigenvalue weighted by molar-refractivity contribution is -0.140. The molecule has 1 saturated heterocycles. The highest BCUT2D eigenvalue weighted by atomic mass is 16.5. The van der Waals surface area contributed by atoms with Gasteiger partial charge in [0.1, 0.15) is 0 Å². The minimum Gasteiger partial charge on any atom is -0.493 e. The number of amides is 2. The normalized spacial score (nSPS) is 30.5. The van der Waals surface area contributed by atoms with Gasteiger partial charge in [0.15, 0.2) is 11.5 Å². The van der Waals surface area contributed by atoms with Crippen LogP contribution in [-0.4, -0.2) is 37.3 Å². The van der Waals surface area contributed by atoms with Crippen molar-refractivity contribution in [1.29, 1.82) is 0 Å². The molecular formula is C18H18N2O4. The summed E-state index contributed by atoms with van der Waals surface area (Å²) in [5.41, 5.74) is 0.728. The van der Waals surface area contributed by atoms with Crippen LogP contribution in [0, 0.1) is 23.7 Å². The number of hydrogen-bond donors (Lipinski definition) is 0. The van der Waals surface area contributed by atoms with Gasteiger partial charge in [-0.3, -0.25) is 9.59 Å². The van der Waals surface area contributed by atoms with Crippen LogP contribution < -0.4 is 9.47 Å². The SMILES string of the molecule is COc1ccc(/C=N\N2C(=O)[C@H]3[C@H](C2=O)[C@H]2C=C[C@H]3C2)cc1OC. The van der Waals surface area contributed by atoms with Crippen LogP contribution in [0.3, 0.4) is 0 Å². The van der Waals surface area contributed by atoms with E-state index in [4.69, 9.17) is 9.47 Å². The van der Waals surface area contributed by atoms with Gasteiger partial charge in [-0.1, -0.05) is 12.2 Å². The van der Waals surface area contributed by atoms with E-state index < -0.39 is 0 Å². The molecule has 1 saturated carbocycles. The van der Waals surface area contributed by atoms with Gasteiger partial charge in [0.05, 0.1) is 32.3 Å². The van der Waals surface area contributed by atoms with Crippen molar-refractivity contribution < 1.29 is 19.1 Å². The van der Waals surface area contributed by atoms with Crippen LogP contribution in [0.1, 0.15) is 12.0 Å². The zero-order valence-corrected chi connectivity index (χ0v) is 13.5. The first-order chi connectivity index (χ1) is 11.6. The summed E-state index contributed by atoms with van der Waals surface area (Å²) in [5.74, 6) is 0.748. The summed E-state index contributed by atoms with van der Waals surface area (Å²) >= 11 is 0. The molecule has 0 unspecified atom stereocenters. The molecule has 0 N–H and O–H groups in total. The third-order valence-electron chi connectivity index (χ3n) is 5.18. The van der Waals surface area contributed by atoms with E-state index in [2.05, 4.69) is 17.3 Å². The molecule has 1 aliphatic heterocycles. The Morgan fingerprint density at radius 1 is 1.04 bits per heavy atom. The number of carbonyl (C=O) groups is 2. The average Bonchev–Trinajstić information content (AvgIpc) is 3.27. The summed E-state index contributed by atoms with van der Waals surface area (Å²) < 4.78 is 10.4. The van der Waals surface area contributed by atoms with Crippen molar-refractivity contribution >= 4 is 18.0 Å². The van der Waals surface area contributed by atoms with Gasteiger partial charge in [-0.25, -0.2) is 0 Å². The predicted molar refractivity (Wildman–Crippen MR) is 86.7 cm³/mol. The number of imide groups is 1. The Balaban J connectivity index is 1.57. The van der Waals surface area contributed by atoms with Gasteiger partial charge in [0, 0.05) is 0 Å². The van der Waals surface area contributed by atoms with Crippen molar-refractivity contribution in [2.45, 2.75) is 6.42 Å². The Bertz CT molecular complexity index is 740.